The fraction of sp³-hybridized carbons (Fsp3) is 0.263. The van der Waals surface area contributed by atoms with Gasteiger partial charge in [-0.15, -0.1) is 0 Å². The van der Waals surface area contributed by atoms with Gasteiger partial charge in [0.15, 0.2) is 0 Å². The molecule has 1 heterocycles. The van der Waals surface area contributed by atoms with Crippen LogP contribution in [0.25, 0.3) is 0 Å². The van der Waals surface area contributed by atoms with Crippen LogP contribution in [0.4, 0.5) is 10.5 Å². The second kappa shape index (κ2) is 7.57. The zero-order valence-electron chi connectivity index (χ0n) is 14.0. The summed E-state index contributed by atoms with van der Waals surface area (Å²) in [5.41, 5.74) is 2.65. The Morgan fingerprint density at radius 2 is 2.00 bits per heavy atom. The van der Waals surface area contributed by atoms with Gasteiger partial charge in [-0.1, -0.05) is 48.0 Å². The number of nitrogens with one attached hydrogen (secondary N) is 2. The van der Waals surface area contributed by atoms with E-state index >= 15 is 0 Å². The van der Waals surface area contributed by atoms with Crippen molar-refractivity contribution in [2.75, 3.05) is 11.9 Å². The zero-order valence-corrected chi connectivity index (χ0v) is 14.7. The minimum absolute atomic E-state index is 0.0486. The van der Waals surface area contributed by atoms with Crippen molar-refractivity contribution in [1.82, 2.24) is 10.2 Å². The normalized spacial score (nSPS) is 16.8. The van der Waals surface area contributed by atoms with Gasteiger partial charge in [-0.3, -0.25) is 4.79 Å². The first-order chi connectivity index (χ1) is 12.0. The number of benzene rings is 2. The highest BCUT2D eigenvalue weighted by Gasteiger charge is 2.30. The van der Waals surface area contributed by atoms with Gasteiger partial charge in [-0.2, -0.15) is 0 Å². The van der Waals surface area contributed by atoms with Crippen LogP contribution in [-0.2, 0) is 11.3 Å². The van der Waals surface area contributed by atoms with Crippen LogP contribution >= 0.6 is 11.6 Å². The first kappa shape index (κ1) is 17.3. The second-order valence-electron chi connectivity index (χ2n) is 6.22. The predicted octanol–water partition coefficient (Wildman–Crippen LogP) is 3.57. The molecule has 0 saturated carbocycles. The number of urea groups is 1. The van der Waals surface area contributed by atoms with Gasteiger partial charge in [0.05, 0.1) is 6.04 Å². The molecule has 1 unspecified atom stereocenters. The first-order valence-corrected chi connectivity index (χ1v) is 8.54. The zero-order chi connectivity index (χ0) is 17.8. The van der Waals surface area contributed by atoms with Crippen LogP contribution in [0.1, 0.15) is 17.5 Å². The van der Waals surface area contributed by atoms with Crippen LogP contribution < -0.4 is 10.6 Å². The van der Waals surface area contributed by atoms with Crippen LogP contribution in [0.15, 0.2) is 48.5 Å². The molecular weight excluding hydrogens is 338 g/mol. The van der Waals surface area contributed by atoms with Crippen LogP contribution in [0.5, 0.6) is 0 Å². The van der Waals surface area contributed by atoms with E-state index in [-0.39, 0.29) is 18.0 Å². The number of carbonyl (C=O) groups excluding carboxylic acids is 2. The summed E-state index contributed by atoms with van der Waals surface area (Å²) < 4.78 is 0. The molecule has 1 atom stereocenters. The molecule has 0 bridgehead atoms. The molecule has 2 aromatic rings. The lowest BCUT2D eigenvalue weighted by Crippen LogP contribution is -2.39. The van der Waals surface area contributed by atoms with Gasteiger partial charge < -0.3 is 15.5 Å². The molecule has 2 N–H and O–H groups in total. The van der Waals surface area contributed by atoms with Gasteiger partial charge in [-0.25, -0.2) is 4.79 Å². The molecule has 1 fully saturated rings. The lowest BCUT2D eigenvalue weighted by Gasteiger charge is -2.17. The van der Waals surface area contributed by atoms with Crippen LogP contribution in [-0.4, -0.2) is 29.4 Å². The summed E-state index contributed by atoms with van der Waals surface area (Å²) in [6, 6.07) is 14.6. The van der Waals surface area contributed by atoms with Crippen molar-refractivity contribution in [2.45, 2.75) is 25.9 Å². The summed E-state index contributed by atoms with van der Waals surface area (Å²) in [6.07, 6.45) is 0.314. The van der Waals surface area contributed by atoms with Crippen molar-refractivity contribution in [3.05, 3.63) is 64.7 Å². The highest BCUT2D eigenvalue weighted by Crippen LogP contribution is 2.20. The molecule has 1 saturated heterocycles. The Morgan fingerprint density at radius 3 is 2.72 bits per heavy atom. The van der Waals surface area contributed by atoms with Gasteiger partial charge in [-0.05, 0) is 30.2 Å². The SMILES string of the molecule is Cc1ccc(NC(=O)NC2CC(=O)N(Cc3ccccc3)C2)cc1Cl. The maximum Gasteiger partial charge on any atom is 0.319 e. The van der Waals surface area contributed by atoms with Gasteiger partial charge >= 0.3 is 6.03 Å². The molecule has 3 amide bonds. The number of likely N-dealkylation sites (tertiary alicyclic amines) is 1. The van der Waals surface area contributed by atoms with Crippen LogP contribution in [0.3, 0.4) is 0 Å². The summed E-state index contributed by atoms with van der Waals surface area (Å²) in [4.78, 5) is 26.1. The molecule has 2 aromatic carbocycles. The Morgan fingerprint density at radius 1 is 1.24 bits per heavy atom. The van der Waals surface area contributed by atoms with Crippen LogP contribution in [0.2, 0.25) is 5.02 Å². The number of anilines is 1. The van der Waals surface area contributed by atoms with Crippen molar-refractivity contribution in [1.29, 1.82) is 0 Å². The first-order valence-electron chi connectivity index (χ1n) is 8.16. The third-order valence-electron chi connectivity index (χ3n) is 4.20. The summed E-state index contributed by atoms with van der Waals surface area (Å²) in [5.74, 6) is 0.0486. The minimum Gasteiger partial charge on any atom is -0.336 e. The van der Waals surface area contributed by atoms with E-state index in [2.05, 4.69) is 10.6 Å². The van der Waals surface area contributed by atoms with E-state index in [0.29, 0.717) is 30.2 Å². The number of hydrogen-bond donors (Lipinski definition) is 2. The topological polar surface area (TPSA) is 61.4 Å². The Kier molecular flexibility index (Phi) is 5.24. The smallest absolute Gasteiger partial charge is 0.319 e. The summed E-state index contributed by atoms with van der Waals surface area (Å²) in [5, 5.41) is 6.20. The third kappa shape index (κ3) is 4.51. The third-order valence-corrected chi connectivity index (χ3v) is 4.60. The monoisotopic (exact) mass is 357 g/mol. The molecule has 1 aliphatic rings. The predicted molar refractivity (Wildman–Crippen MR) is 98.6 cm³/mol. The van der Waals surface area contributed by atoms with E-state index < -0.39 is 0 Å². The standard InChI is InChI=1S/C19H20ClN3O2/c1-13-7-8-15(9-17(13)20)21-19(25)22-16-10-18(24)23(12-16)11-14-5-3-2-4-6-14/h2-9,16H,10-12H2,1H3,(H2,21,22,25). The highest BCUT2D eigenvalue weighted by atomic mass is 35.5. The minimum atomic E-state index is -0.334. The van der Waals surface area contributed by atoms with E-state index in [0.717, 1.165) is 11.1 Å². The molecule has 0 spiro atoms. The largest absolute Gasteiger partial charge is 0.336 e. The Hall–Kier alpha value is -2.53. The molecule has 6 heteroatoms. The lowest BCUT2D eigenvalue weighted by molar-refractivity contribution is -0.128. The average molecular weight is 358 g/mol. The van der Waals surface area contributed by atoms with Crippen molar-refractivity contribution in [3.8, 4) is 0 Å². The molecular formula is C19H20ClN3O2. The van der Waals surface area contributed by atoms with E-state index in [1.165, 1.54) is 0 Å². The molecule has 1 aliphatic heterocycles. The van der Waals surface area contributed by atoms with Crippen LogP contribution in [0, 0.1) is 6.92 Å². The Labute approximate surface area is 152 Å². The maximum absolute atomic E-state index is 12.1. The number of rotatable bonds is 4. The lowest BCUT2D eigenvalue weighted by atomic mass is 10.2. The van der Waals surface area contributed by atoms with E-state index in [4.69, 9.17) is 11.6 Å². The molecule has 0 radical (unpaired) electrons. The number of nitrogens with zero attached hydrogens (tertiary/aromatic N) is 1. The van der Waals surface area contributed by atoms with Gasteiger partial charge in [0.25, 0.3) is 0 Å². The average Bonchev–Trinajstić information content (AvgIpc) is 2.91. The Balaban J connectivity index is 1.54. The van der Waals surface area contributed by atoms with Gasteiger partial charge in [0.2, 0.25) is 5.91 Å². The highest BCUT2D eigenvalue weighted by molar-refractivity contribution is 6.31. The van der Waals surface area contributed by atoms with Crippen molar-refractivity contribution >= 4 is 29.2 Å². The number of carbonyl (C=O) groups is 2. The van der Waals surface area contributed by atoms with E-state index in [1.54, 1.807) is 17.0 Å². The molecule has 3 rings (SSSR count). The fourth-order valence-electron chi connectivity index (χ4n) is 2.85. The van der Waals surface area contributed by atoms with Crippen molar-refractivity contribution in [3.63, 3.8) is 0 Å². The van der Waals surface area contributed by atoms with Crippen molar-refractivity contribution < 1.29 is 9.59 Å². The summed E-state index contributed by atoms with van der Waals surface area (Å²) in [6.45, 7) is 2.97. The fourth-order valence-corrected chi connectivity index (χ4v) is 3.03. The number of hydrogen-bond acceptors (Lipinski definition) is 2. The molecule has 0 aliphatic carbocycles. The summed E-state index contributed by atoms with van der Waals surface area (Å²) >= 11 is 6.06. The maximum atomic E-state index is 12.1. The summed E-state index contributed by atoms with van der Waals surface area (Å²) in [7, 11) is 0. The number of aryl methyl sites for hydroxylation is 1. The molecule has 130 valence electrons. The van der Waals surface area contributed by atoms with E-state index in [1.807, 2.05) is 43.3 Å². The molecule has 25 heavy (non-hydrogen) atoms. The Bertz CT molecular complexity index is 779. The molecule has 0 aromatic heterocycles. The number of amides is 3. The van der Waals surface area contributed by atoms with Gasteiger partial charge in [0.1, 0.15) is 0 Å². The van der Waals surface area contributed by atoms with Crippen molar-refractivity contribution in [2.24, 2.45) is 0 Å². The number of halogens is 1. The van der Waals surface area contributed by atoms with Gasteiger partial charge in [0, 0.05) is 30.2 Å². The van der Waals surface area contributed by atoms with E-state index in [9.17, 15) is 9.59 Å². The quantitative estimate of drug-likeness (QED) is 0.878. The molecule has 5 nitrogen and oxygen atoms in total. The second-order valence-corrected chi connectivity index (χ2v) is 6.63.